The highest BCUT2D eigenvalue weighted by atomic mass is 35.5. The van der Waals surface area contributed by atoms with Crippen molar-refractivity contribution in [2.75, 3.05) is 43.5 Å². The Bertz CT molecular complexity index is 1390. The van der Waals surface area contributed by atoms with Crippen molar-refractivity contribution in [3.8, 4) is 0 Å². The fourth-order valence-electron chi connectivity index (χ4n) is 4.39. The molecule has 1 aliphatic rings. The van der Waals surface area contributed by atoms with E-state index >= 15 is 0 Å². The molecule has 0 radical (unpaired) electrons. The van der Waals surface area contributed by atoms with Gasteiger partial charge in [-0.25, -0.2) is 4.79 Å². The van der Waals surface area contributed by atoms with Crippen LogP contribution in [0.5, 0.6) is 0 Å². The summed E-state index contributed by atoms with van der Waals surface area (Å²) in [7, 11) is 1.33. The number of nitrogens with zero attached hydrogens (tertiary/aromatic N) is 3. The summed E-state index contributed by atoms with van der Waals surface area (Å²) in [5.41, 5.74) is 2.14. The van der Waals surface area contributed by atoms with Crippen molar-refractivity contribution < 1.29 is 29.0 Å². The molecule has 0 saturated carbocycles. The zero-order chi connectivity index (χ0) is 28.6. The molecule has 0 aliphatic carbocycles. The van der Waals surface area contributed by atoms with Crippen LogP contribution in [-0.2, 0) is 9.53 Å². The molecule has 3 aromatic rings. The van der Waals surface area contributed by atoms with Gasteiger partial charge in [0.1, 0.15) is 0 Å². The summed E-state index contributed by atoms with van der Waals surface area (Å²) in [6, 6.07) is 13.9. The summed E-state index contributed by atoms with van der Waals surface area (Å²) in [6.07, 6.45) is 2.31. The lowest BCUT2D eigenvalue weighted by Crippen LogP contribution is -2.49. The Morgan fingerprint density at radius 3 is 2.40 bits per heavy atom. The third kappa shape index (κ3) is 7.06. The molecule has 3 N–H and O–H groups in total. The Hall–Kier alpha value is -4.64. The number of carboxylic acids is 1. The summed E-state index contributed by atoms with van der Waals surface area (Å²) in [5, 5.41) is 15.4. The Morgan fingerprint density at radius 2 is 1.75 bits per heavy atom. The number of hydrogen-bond donors (Lipinski definition) is 3. The number of anilines is 2. The molecule has 0 spiro atoms. The van der Waals surface area contributed by atoms with Gasteiger partial charge in [-0.2, -0.15) is 0 Å². The second-order valence-electron chi connectivity index (χ2n) is 9.05. The first-order valence-corrected chi connectivity index (χ1v) is 12.8. The van der Waals surface area contributed by atoms with E-state index in [2.05, 4.69) is 15.6 Å². The van der Waals surface area contributed by atoms with Gasteiger partial charge in [0.25, 0.3) is 11.8 Å². The Morgan fingerprint density at radius 1 is 1.00 bits per heavy atom. The number of carbonyl (C=O) groups is 4. The van der Waals surface area contributed by atoms with Crippen LogP contribution in [0.4, 0.5) is 16.2 Å². The van der Waals surface area contributed by atoms with Gasteiger partial charge in [-0.05, 0) is 48.0 Å². The smallest absolute Gasteiger partial charge is 0.409 e. The van der Waals surface area contributed by atoms with E-state index in [1.807, 2.05) is 4.90 Å². The molecule has 12 heteroatoms. The van der Waals surface area contributed by atoms with E-state index in [-0.39, 0.29) is 12.0 Å². The molecule has 1 aliphatic heterocycles. The van der Waals surface area contributed by atoms with E-state index in [1.54, 1.807) is 59.6 Å². The van der Waals surface area contributed by atoms with Crippen LogP contribution in [0.1, 0.15) is 38.7 Å². The molecular weight excluding hydrogens is 538 g/mol. The monoisotopic (exact) mass is 565 g/mol. The number of ether oxygens (including phenoxy) is 1. The van der Waals surface area contributed by atoms with Gasteiger partial charge >= 0.3 is 12.1 Å². The van der Waals surface area contributed by atoms with Gasteiger partial charge < -0.3 is 30.3 Å². The first kappa shape index (κ1) is 28.4. The van der Waals surface area contributed by atoms with E-state index in [9.17, 15) is 24.3 Å². The number of benzene rings is 2. The minimum atomic E-state index is -1.08. The van der Waals surface area contributed by atoms with E-state index in [0.717, 1.165) is 0 Å². The van der Waals surface area contributed by atoms with Crippen molar-refractivity contribution in [3.05, 3.63) is 88.7 Å². The molecule has 1 unspecified atom stereocenters. The number of carbonyl (C=O) groups excluding carboxylic acids is 3. The third-order valence-electron chi connectivity index (χ3n) is 6.42. The van der Waals surface area contributed by atoms with Crippen LogP contribution < -0.4 is 15.5 Å². The van der Waals surface area contributed by atoms with E-state index in [1.165, 1.54) is 19.4 Å². The number of hydrogen-bond acceptors (Lipinski definition) is 7. The first-order chi connectivity index (χ1) is 19.2. The van der Waals surface area contributed by atoms with Crippen molar-refractivity contribution in [1.29, 1.82) is 0 Å². The second kappa shape index (κ2) is 12.9. The summed E-state index contributed by atoms with van der Waals surface area (Å²) in [6.45, 7) is 1.78. The van der Waals surface area contributed by atoms with Gasteiger partial charge in [0, 0.05) is 54.7 Å². The SMILES string of the molecule is COC(=O)N1CCN(c2ccc(C(=O)NC(CC(=O)O)c3cccnc3)cc2NC(=O)c2cccc(Cl)c2)CC1. The lowest BCUT2D eigenvalue weighted by molar-refractivity contribution is -0.137. The molecule has 1 atom stereocenters. The number of nitrogens with one attached hydrogen (secondary N) is 2. The molecule has 0 bridgehead atoms. The predicted octanol–water partition coefficient (Wildman–Crippen LogP) is 3.82. The summed E-state index contributed by atoms with van der Waals surface area (Å²) in [4.78, 5) is 57.4. The number of rotatable bonds is 8. The highest BCUT2D eigenvalue weighted by Gasteiger charge is 2.25. The summed E-state index contributed by atoms with van der Waals surface area (Å²) >= 11 is 6.07. The van der Waals surface area contributed by atoms with Crippen molar-refractivity contribution >= 4 is 46.9 Å². The molecule has 11 nitrogen and oxygen atoms in total. The zero-order valence-electron chi connectivity index (χ0n) is 21.7. The maximum atomic E-state index is 13.3. The second-order valence-corrected chi connectivity index (χ2v) is 9.49. The van der Waals surface area contributed by atoms with Crippen LogP contribution in [0.2, 0.25) is 5.02 Å². The molecule has 2 aromatic carbocycles. The van der Waals surface area contributed by atoms with Crippen molar-refractivity contribution in [2.24, 2.45) is 0 Å². The Labute approximate surface area is 235 Å². The lowest BCUT2D eigenvalue weighted by Gasteiger charge is -2.36. The minimum absolute atomic E-state index is 0.220. The summed E-state index contributed by atoms with van der Waals surface area (Å²) in [5.74, 6) is -2.02. The van der Waals surface area contributed by atoms with Gasteiger partial charge in [-0.3, -0.25) is 19.4 Å². The average molecular weight is 566 g/mol. The topological polar surface area (TPSA) is 141 Å². The molecule has 3 amide bonds. The Kier molecular flexibility index (Phi) is 9.18. The number of methoxy groups -OCH3 is 1. The predicted molar refractivity (Wildman–Crippen MR) is 149 cm³/mol. The van der Waals surface area contributed by atoms with Crippen LogP contribution in [0.25, 0.3) is 0 Å². The number of amides is 3. The normalized spacial score (nSPS) is 13.8. The lowest BCUT2D eigenvalue weighted by atomic mass is 10.0. The molecular formula is C28H28ClN5O6. The fraction of sp³-hybridized carbons (Fsp3) is 0.250. The van der Waals surface area contributed by atoms with Crippen LogP contribution in [0.15, 0.2) is 67.0 Å². The third-order valence-corrected chi connectivity index (χ3v) is 6.65. The molecule has 1 aromatic heterocycles. The standard InChI is InChI=1S/C28H28ClN5O6/c1-40-28(39)34-12-10-33(11-13-34)24-8-7-19(15-23(24)32-26(37)18-4-2-6-21(29)14-18)27(38)31-22(16-25(35)36)20-5-3-9-30-17-20/h2-9,14-15,17,22H,10-13,16H2,1H3,(H,31,38)(H,32,37)(H,35,36). The molecule has 40 heavy (non-hydrogen) atoms. The van der Waals surface area contributed by atoms with Crippen LogP contribution in [0.3, 0.4) is 0 Å². The Balaban J connectivity index is 1.61. The number of pyridine rings is 1. The van der Waals surface area contributed by atoms with E-state index in [0.29, 0.717) is 53.7 Å². The van der Waals surface area contributed by atoms with Crippen molar-refractivity contribution in [3.63, 3.8) is 0 Å². The molecule has 208 valence electrons. The van der Waals surface area contributed by atoms with Crippen LogP contribution >= 0.6 is 11.6 Å². The van der Waals surface area contributed by atoms with Gasteiger partial charge in [0.05, 0.1) is 30.9 Å². The molecule has 1 fully saturated rings. The van der Waals surface area contributed by atoms with Gasteiger partial charge in [0.2, 0.25) is 0 Å². The highest BCUT2D eigenvalue weighted by Crippen LogP contribution is 2.30. The number of piperazine rings is 1. The number of aromatic nitrogens is 1. The zero-order valence-corrected chi connectivity index (χ0v) is 22.4. The maximum absolute atomic E-state index is 13.3. The van der Waals surface area contributed by atoms with E-state index in [4.69, 9.17) is 16.3 Å². The van der Waals surface area contributed by atoms with Crippen LogP contribution in [-0.4, -0.2) is 72.2 Å². The first-order valence-electron chi connectivity index (χ1n) is 12.5. The summed E-state index contributed by atoms with van der Waals surface area (Å²) < 4.78 is 4.81. The van der Waals surface area contributed by atoms with Crippen LogP contribution in [0, 0.1) is 0 Å². The molecule has 4 rings (SSSR count). The molecule has 1 saturated heterocycles. The van der Waals surface area contributed by atoms with Crippen molar-refractivity contribution in [2.45, 2.75) is 12.5 Å². The maximum Gasteiger partial charge on any atom is 0.409 e. The average Bonchev–Trinajstić information content (AvgIpc) is 2.96. The fourth-order valence-corrected chi connectivity index (χ4v) is 4.58. The van der Waals surface area contributed by atoms with Crippen molar-refractivity contribution in [1.82, 2.24) is 15.2 Å². The molecule has 2 heterocycles. The largest absolute Gasteiger partial charge is 0.481 e. The number of carboxylic acid groups (broad SMARTS) is 1. The van der Waals surface area contributed by atoms with Gasteiger partial charge in [-0.15, -0.1) is 0 Å². The number of aliphatic carboxylic acids is 1. The van der Waals surface area contributed by atoms with Gasteiger partial charge in [0.15, 0.2) is 0 Å². The van der Waals surface area contributed by atoms with Gasteiger partial charge in [-0.1, -0.05) is 23.7 Å². The van der Waals surface area contributed by atoms with E-state index < -0.39 is 29.9 Å². The minimum Gasteiger partial charge on any atom is -0.481 e. The highest BCUT2D eigenvalue weighted by molar-refractivity contribution is 6.31. The number of halogens is 1. The quantitative estimate of drug-likeness (QED) is 0.374.